The molecule has 1 aromatic rings. The van der Waals surface area contributed by atoms with Gasteiger partial charge in [-0.3, -0.25) is 9.59 Å². The number of carbonyl (C=O) groups excluding carboxylic acids is 3. The smallest absolute Gasteiger partial charge is 0.355 e. The van der Waals surface area contributed by atoms with Gasteiger partial charge in [0, 0.05) is 11.3 Å². The average Bonchev–Trinajstić information content (AvgIpc) is 2.87. The zero-order chi connectivity index (χ0) is 17.9. The molecule has 24 heavy (non-hydrogen) atoms. The number of unbranched alkanes of at least 4 members (excludes halogenated alkanes) is 2. The summed E-state index contributed by atoms with van der Waals surface area (Å²) in [6, 6.07) is 0. The molecule has 0 aromatic carbocycles. The number of methoxy groups -OCH3 is 1. The van der Waals surface area contributed by atoms with Crippen LogP contribution in [0.3, 0.4) is 0 Å². The summed E-state index contributed by atoms with van der Waals surface area (Å²) in [4.78, 5) is 39.9. The van der Waals surface area contributed by atoms with E-state index in [-0.39, 0.29) is 11.7 Å². The van der Waals surface area contributed by atoms with Crippen molar-refractivity contribution < 1.29 is 23.9 Å². The molecule has 1 heterocycles. The molecule has 0 bridgehead atoms. The van der Waals surface area contributed by atoms with E-state index in [1.54, 1.807) is 6.92 Å². The number of nitrogens with one attached hydrogen (secondary N) is 1. The predicted molar refractivity (Wildman–Crippen MR) is 88.0 cm³/mol. The topological polar surface area (TPSA) is 85.5 Å². The molecule has 1 aliphatic carbocycles. The lowest BCUT2D eigenvalue weighted by molar-refractivity contribution is -0.145. The third-order valence-electron chi connectivity index (χ3n) is 4.59. The van der Waals surface area contributed by atoms with Crippen LogP contribution in [-0.4, -0.2) is 36.4 Å². The number of ether oxygens (including phenoxy) is 2. The van der Waals surface area contributed by atoms with Crippen molar-refractivity contribution in [3.63, 3.8) is 0 Å². The molecule has 0 radical (unpaired) electrons. The Balaban J connectivity index is 2.23. The standard InChI is InChI=1S/C18H25NO5/c1-5-6-7-8-24-18(22)15-11(3)14-12(19-15)9-10(2)13(16(14)20)17(21)23-4/h10,13,19H,5-9H2,1-4H3/t10-,13+/m0/s1. The van der Waals surface area contributed by atoms with Gasteiger partial charge in [0.1, 0.15) is 11.6 Å². The monoisotopic (exact) mass is 335 g/mol. The highest BCUT2D eigenvalue weighted by Crippen LogP contribution is 2.34. The molecule has 6 heteroatoms. The highest BCUT2D eigenvalue weighted by molar-refractivity contribution is 6.12. The van der Waals surface area contributed by atoms with Crippen molar-refractivity contribution in [2.24, 2.45) is 11.8 Å². The highest BCUT2D eigenvalue weighted by Gasteiger charge is 2.41. The minimum absolute atomic E-state index is 0.177. The van der Waals surface area contributed by atoms with Crippen molar-refractivity contribution in [3.05, 3.63) is 22.5 Å². The first-order valence-corrected chi connectivity index (χ1v) is 8.42. The number of ketones is 1. The summed E-state index contributed by atoms with van der Waals surface area (Å²) >= 11 is 0. The largest absolute Gasteiger partial charge is 0.468 e. The molecule has 6 nitrogen and oxygen atoms in total. The molecule has 2 rings (SSSR count). The first-order valence-electron chi connectivity index (χ1n) is 8.42. The molecule has 0 aliphatic heterocycles. The van der Waals surface area contributed by atoms with E-state index in [1.807, 2.05) is 6.92 Å². The Labute approximate surface area is 141 Å². The van der Waals surface area contributed by atoms with Crippen molar-refractivity contribution in [1.82, 2.24) is 4.98 Å². The number of Topliss-reactive ketones (excluding diaryl/α,β-unsaturated/α-hetero) is 1. The second-order valence-electron chi connectivity index (χ2n) is 6.37. The lowest BCUT2D eigenvalue weighted by Gasteiger charge is -2.25. The fourth-order valence-electron chi connectivity index (χ4n) is 3.26. The van der Waals surface area contributed by atoms with Gasteiger partial charge in [0.15, 0.2) is 5.78 Å². The van der Waals surface area contributed by atoms with Crippen LogP contribution < -0.4 is 0 Å². The molecule has 1 aromatic heterocycles. The number of aromatic nitrogens is 1. The van der Waals surface area contributed by atoms with Gasteiger partial charge in [-0.15, -0.1) is 0 Å². The van der Waals surface area contributed by atoms with E-state index in [0.29, 0.717) is 35.5 Å². The van der Waals surface area contributed by atoms with Gasteiger partial charge in [-0.05, 0) is 31.2 Å². The Morgan fingerprint density at radius 1 is 1.29 bits per heavy atom. The van der Waals surface area contributed by atoms with Crippen molar-refractivity contribution >= 4 is 17.7 Å². The first kappa shape index (κ1) is 18.2. The van der Waals surface area contributed by atoms with Gasteiger partial charge in [-0.1, -0.05) is 26.7 Å². The van der Waals surface area contributed by atoms with Crippen LogP contribution in [-0.2, 0) is 20.7 Å². The summed E-state index contributed by atoms with van der Waals surface area (Å²) < 4.78 is 10.0. The quantitative estimate of drug-likeness (QED) is 0.491. The summed E-state index contributed by atoms with van der Waals surface area (Å²) in [5.41, 5.74) is 1.99. The lowest BCUT2D eigenvalue weighted by Crippen LogP contribution is -2.36. The van der Waals surface area contributed by atoms with Crippen LogP contribution in [0.4, 0.5) is 0 Å². The first-order chi connectivity index (χ1) is 11.4. The number of aromatic amines is 1. The van der Waals surface area contributed by atoms with Gasteiger partial charge in [-0.25, -0.2) is 4.79 Å². The van der Waals surface area contributed by atoms with Crippen molar-refractivity contribution in [2.75, 3.05) is 13.7 Å². The van der Waals surface area contributed by atoms with E-state index in [2.05, 4.69) is 11.9 Å². The number of fused-ring (bicyclic) bond motifs is 1. The van der Waals surface area contributed by atoms with E-state index in [4.69, 9.17) is 9.47 Å². The molecular weight excluding hydrogens is 310 g/mol. The fourth-order valence-corrected chi connectivity index (χ4v) is 3.26. The molecule has 0 unspecified atom stereocenters. The summed E-state index contributed by atoms with van der Waals surface area (Å²) in [6.45, 7) is 5.99. The van der Waals surface area contributed by atoms with Crippen LogP contribution in [0.5, 0.6) is 0 Å². The molecule has 2 atom stereocenters. The summed E-state index contributed by atoms with van der Waals surface area (Å²) in [6.07, 6.45) is 3.39. The maximum Gasteiger partial charge on any atom is 0.355 e. The van der Waals surface area contributed by atoms with Crippen LogP contribution in [0, 0.1) is 18.8 Å². The Bertz CT molecular complexity index is 646. The van der Waals surface area contributed by atoms with Gasteiger partial charge < -0.3 is 14.5 Å². The SMILES string of the molecule is CCCCCOC(=O)c1[nH]c2c(c1C)C(=O)[C@H](C(=O)OC)[C@@H](C)C2. The average molecular weight is 335 g/mol. The van der Waals surface area contributed by atoms with Gasteiger partial charge >= 0.3 is 11.9 Å². The molecule has 0 amide bonds. The maximum atomic E-state index is 12.7. The Morgan fingerprint density at radius 3 is 2.62 bits per heavy atom. The molecule has 1 aliphatic rings. The maximum absolute atomic E-state index is 12.7. The van der Waals surface area contributed by atoms with Crippen LogP contribution in [0.25, 0.3) is 0 Å². The van der Waals surface area contributed by atoms with Gasteiger partial charge in [-0.2, -0.15) is 0 Å². The number of carbonyl (C=O) groups is 3. The minimum Gasteiger partial charge on any atom is -0.468 e. The number of H-pyrrole nitrogens is 1. The van der Waals surface area contributed by atoms with Crippen LogP contribution in [0.15, 0.2) is 0 Å². The molecular formula is C18H25NO5. The molecule has 0 saturated carbocycles. The summed E-state index contributed by atoms with van der Waals surface area (Å²) in [5, 5.41) is 0. The van der Waals surface area contributed by atoms with Crippen molar-refractivity contribution in [2.45, 2.75) is 46.5 Å². The molecule has 0 fully saturated rings. The third-order valence-corrected chi connectivity index (χ3v) is 4.59. The molecule has 132 valence electrons. The zero-order valence-corrected chi connectivity index (χ0v) is 14.7. The molecule has 0 saturated heterocycles. The normalized spacial score (nSPS) is 19.8. The van der Waals surface area contributed by atoms with E-state index < -0.39 is 17.9 Å². The molecule has 0 spiro atoms. The molecule has 1 N–H and O–H groups in total. The number of esters is 2. The van der Waals surface area contributed by atoms with Gasteiger partial charge in [0.05, 0.1) is 13.7 Å². The van der Waals surface area contributed by atoms with Crippen LogP contribution in [0.1, 0.15) is 65.2 Å². The van der Waals surface area contributed by atoms with Crippen LogP contribution >= 0.6 is 0 Å². The van der Waals surface area contributed by atoms with Crippen molar-refractivity contribution in [3.8, 4) is 0 Å². The summed E-state index contributed by atoms with van der Waals surface area (Å²) in [5.74, 6) is -2.25. The summed E-state index contributed by atoms with van der Waals surface area (Å²) in [7, 11) is 1.28. The van der Waals surface area contributed by atoms with E-state index in [1.165, 1.54) is 7.11 Å². The van der Waals surface area contributed by atoms with Gasteiger partial charge in [0.2, 0.25) is 0 Å². The number of hydrogen-bond donors (Lipinski definition) is 1. The highest BCUT2D eigenvalue weighted by atomic mass is 16.5. The Kier molecular flexibility index (Phi) is 5.80. The third kappa shape index (κ3) is 3.37. The van der Waals surface area contributed by atoms with E-state index in [9.17, 15) is 14.4 Å². The van der Waals surface area contributed by atoms with Gasteiger partial charge in [0.25, 0.3) is 0 Å². The number of rotatable bonds is 6. The zero-order valence-electron chi connectivity index (χ0n) is 14.7. The fraction of sp³-hybridized carbons (Fsp3) is 0.611. The van der Waals surface area contributed by atoms with Crippen molar-refractivity contribution in [1.29, 1.82) is 0 Å². The lowest BCUT2D eigenvalue weighted by atomic mass is 9.77. The Hall–Kier alpha value is -2.11. The predicted octanol–water partition coefficient (Wildman–Crippen LogP) is 2.83. The second-order valence-corrected chi connectivity index (χ2v) is 6.37. The van der Waals surface area contributed by atoms with E-state index >= 15 is 0 Å². The van der Waals surface area contributed by atoms with Crippen LogP contribution in [0.2, 0.25) is 0 Å². The Morgan fingerprint density at radius 2 is 2.00 bits per heavy atom. The minimum atomic E-state index is -0.814. The number of hydrogen-bond acceptors (Lipinski definition) is 5. The van der Waals surface area contributed by atoms with E-state index in [0.717, 1.165) is 19.3 Å². The second kappa shape index (κ2) is 7.64.